The van der Waals surface area contributed by atoms with Crippen LogP contribution in [0.4, 0.5) is 10.5 Å². The topological polar surface area (TPSA) is 110 Å². The zero-order valence-electron chi connectivity index (χ0n) is 13.1. The molecule has 1 aliphatic heterocycles. The van der Waals surface area contributed by atoms with Gasteiger partial charge in [0.2, 0.25) is 5.28 Å². The van der Waals surface area contributed by atoms with Gasteiger partial charge in [0.1, 0.15) is 17.5 Å². The third-order valence-electron chi connectivity index (χ3n) is 3.15. The standard InChI is InChI=1S/C13H18ClN5O4/c1-13(2,3)23-12(20)18-5-4-15-6-8(18)10-9(19(21)22)7-16-11(14)17-10/h7-8,15H,4-6H2,1-3H3. The van der Waals surface area contributed by atoms with Gasteiger partial charge in [-0.15, -0.1) is 0 Å². The highest BCUT2D eigenvalue weighted by atomic mass is 35.5. The molecular weight excluding hydrogens is 326 g/mol. The van der Waals surface area contributed by atoms with E-state index in [-0.39, 0.29) is 16.7 Å². The monoisotopic (exact) mass is 343 g/mol. The number of rotatable bonds is 2. The summed E-state index contributed by atoms with van der Waals surface area (Å²) >= 11 is 5.77. The number of amides is 1. The molecule has 10 heteroatoms. The number of nitrogens with zero attached hydrogens (tertiary/aromatic N) is 4. The Morgan fingerprint density at radius 1 is 1.57 bits per heavy atom. The summed E-state index contributed by atoms with van der Waals surface area (Å²) in [6, 6.07) is -0.653. The maximum atomic E-state index is 12.4. The predicted molar refractivity (Wildman–Crippen MR) is 82.2 cm³/mol. The van der Waals surface area contributed by atoms with Crippen LogP contribution in [0.25, 0.3) is 0 Å². The summed E-state index contributed by atoms with van der Waals surface area (Å²) < 4.78 is 5.37. The number of halogens is 1. The molecule has 0 bridgehead atoms. The fraction of sp³-hybridized carbons (Fsp3) is 0.615. The van der Waals surface area contributed by atoms with Crippen molar-refractivity contribution in [2.45, 2.75) is 32.4 Å². The Bertz CT molecular complexity index is 619. The highest BCUT2D eigenvalue weighted by molar-refractivity contribution is 6.28. The zero-order chi connectivity index (χ0) is 17.2. The van der Waals surface area contributed by atoms with E-state index >= 15 is 0 Å². The molecule has 1 amide bonds. The summed E-state index contributed by atoms with van der Waals surface area (Å²) in [5.41, 5.74) is -0.855. The highest BCUT2D eigenvalue weighted by Crippen LogP contribution is 2.30. The van der Waals surface area contributed by atoms with Crippen LogP contribution in [0.15, 0.2) is 6.20 Å². The molecule has 1 atom stereocenters. The van der Waals surface area contributed by atoms with E-state index in [0.29, 0.717) is 19.6 Å². The first kappa shape index (κ1) is 17.4. The number of ether oxygens (including phenoxy) is 1. The van der Waals surface area contributed by atoms with Crippen molar-refractivity contribution in [1.29, 1.82) is 0 Å². The quantitative estimate of drug-likeness (QED) is 0.496. The summed E-state index contributed by atoms with van der Waals surface area (Å²) in [7, 11) is 0. The second kappa shape index (κ2) is 6.63. The minimum absolute atomic E-state index is 0.0908. The van der Waals surface area contributed by atoms with Crippen molar-refractivity contribution >= 4 is 23.4 Å². The van der Waals surface area contributed by atoms with Gasteiger partial charge < -0.3 is 10.1 Å². The third kappa shape index (κ3) is 4.26. The predicted octanol–water partition coefficient (Wildman–Crippen LogP) is 1.92. The van der Waals surface area contributed by atoms with Gasteiger partial charge in [-0.05, 0) is 32.4 Å². The Balaban J connectivity index is 2.37. The molecule has 2 heterocycles. The smallest absolute Gasteiger partial charge is 0.410 e. The SMILES string of the molecule is CC(C)(C)OC(=O)N1CCNCC1c1nc(Cl)ncc1[N+](=O)[O-]. The fourth-order valence-electron chi connectivity index (χ4n) is 2.24. The summed E-state index contributed by atoms with van der Waals surface area (Å²) in [4.78, 5) is 32.0. The van der Waals surface area contributed by atoms with Crippen molar-refractivity contribution in [3.63, 3.8) is 0 Å². The number of nitro groups is 1. The summed E-state index contributed by atoms with van der Waals surface area (Å²) in [5.74, 6) is 0. The number of nitrogens with one attached hydrogen (secondary N) is 1. The highest BCUT2D eigenvalue weighted by Gasteiger charge is 2.36. The Morgan fingerprint density at radius 3 is 2.87 bits per heavy atom. The Labute approximate surface area is 138 Å². The van der Waals surface area contributed by atoms with Crippen molar-refractivity contribution < 1.29 is 14.5 Å². The van der Waals surface area contributed by atoms with Gasteiger partial charge in [-0.3, -0.25) is 15.0 Å². The number of carbonyl (C=O) groups excluding carboxylic acids is 1. The van der Waals surface area contributed by atoms with E-state index in [4.69, 9.17) is 16.3 Å². The van der Waals surface area contributed by atoms with E-state index in [1.807, 2.05) is 0 Å². The van der Waals surface area contributed by atoms with Gasteiger partial charge in [-0.1, -0.05) is 0 Å². The van der Waals surface area contributed by atoms with Gasteiger partial charge in [-0.2, -0.15) is 0 Å². The van der Waals surface area contributed by atoms with E-state index in [9.17, 15) is 14.9 Å². The van der Waals surface area contributed by atoms with Crippen molar-refractivity contribution in [2.75, 3.05) is 19.6 Å². The number of carbonyl (C=O) groups is 1. The lowest BCUT2D eigenvalue weighted by Crippen LogP contribution is -2.50. The van der Waals surface area contributed by atoms with Crippen molar-refractivity contribution in [3.8, 4) is 0 Å². The third-order valence-corrected chi connectivity index (χ3v) is 3.33. The lowest BCUT2D eigenvalue weighted by Gasteiger charge is -2.36. The molecule has 0 aliphatic carbocycles. The summed E-state index contributed by atoms with van der Waals surface area (Å²) in [6.07, 6.45) is 0.500. The Kier molecular flexibility index (Phi) is 5.00. The average molecular weight is 344 g/mol. The van der Waals surface area contributed by atoms with E-state index in [2.05, 4.69) is 15.3 Å². The van der Waals surface area contributed by atoms with Crippen LogP contribution in [-0.4, -0.2) is 51.1 Å². The van der Waals surface area contributed by atoms with Crippen molar-refractivity contribution in [1.82, 2.24) is 20.2 Å². The van der Waals surface area contributed by atoms with Gasteiger partial charge >= 0.3 is 11.8 Å². The second-order valence-corrected chi connectivity index (χ2v) is 6.40. The average Bonchev–Trinajstić information content (AvgIpc) is 2.45. The molecule has 9 nitrogen and oxygen atoms in total. The van der Waals surface area contributed by atoms with Crippen LogP contribution in [0, 0.1) is 10.1 Å². The Morgan fingerprint density at radius 2 is 2.26 bits per heavy atom. The first-order chi connectivity index (χ1) is 10.7. The molecule has 1 N–H and O–H groups in total. The Hall–Kier alpha value is -2.00. The molecule has 0 saturated carbocycles. The molecule has 1 aromatic heterocycles. The lowest BCUT2D eigenvalue weighted by atomic mass is 10.1. The van der Waals surface area contributed by atoms with E-state index in [0.717, 1.165) is 6.20 Å². The van der Waals surface area contributed by atoms with Gasteiger partial charge in [0.25, 0.3) is 0 Å². The molecule has 1 aromatic rings. The molecule has 23 heavy (non-hydrogen) atoms. The largest absolute Gasteiger partial charge is 0.444 e. The number of hydrogen-bond acceptors (Lipinski definition) is 7. The minimum atomic E-state index is -0.665. The van der Waals surface area contributed by atoms with Crippen LogP contribution < -0.4 is 5.32 Å². The van der Waals surface area contributed by atoms with Crippen LogP contribution in [0.3, 0.4) is 0 Å². The number of hydrogen-bond donors (Lipinski definition) is 1. The second-order valence-electron chi connectivity index (χ2n) is 6.06. The fourth-order valence-corrected chi connectivity index (χ4v) is 2.38. The number of piperazine rings is 1. The van der Waals surface area contributed by atoms with Crippen LogP contribution in [0.2, 0.25) is 5.28 Å². The number of aromatic nitrogens is 2. The van der Waals surface area contributed by atoms with Crippen LogP contribution >= 0.6 is 11.6 Å². The molecule has 1 aliphatic rings. The van der Waals surface area contributed by atoms with Crippen LogP contribution in [-0.2, 0) is 4.74 Å². The van der Waals surface area contributed by atoms with E-state index in [1.54, 1.807) is 20.8 Å². The van der Waals surface area contributed by atoms with Crippen molar-refractivity contribution in [3.05, 3.63) is 27.3 Å². The van der Waals surface area contributed by atoms with Gasteiger partial charge in [-0.25, -0.2) is 14.8 Å². The maximum Gasteiger partial charge on any atom is 0.410 e. The summed E-state index contributed by atoms with van der Waals surface area (Å²) in [5, 5.41) is 14.2. The van der Waals surface area contributed by atoms with Crippen LogP contribution in [0.1, 0.15) is 32.5 Å². The zero-order valence-corrected chi connectivity index (χ0v) is 13.8. The van der Waals surface area contributed by atoms with Gasteiger partial charge in [0.15, 0.2) is 0 Å². The summed E-state index contributed by atoms with van der Waals surface area (Å²) in [6.45, 7) is 6.48. The van der Waals surface area contributed by atoms with Gasteiger partial charge in [0, 0.05) is 19.6 Å². The first-order valence-electron chi connectivity index (χ1n) is 7.06. The molecule has 1 saturated heterocycles. The minimum Gasteiger partial charge on any atom is -0.444 e. The first-order valence-corrected chi connectivity index (χ1v) is 7.44. The molecule has 0 spiro atoms. The maximum absolute atomic E-state index is 12.4. The van der Waals surface area contributed by atoms with Crippen molar-refractivity contribution in [2.24, 2.45) is 0 Å². The van der Waals surface area contributed by atoms with E-state index < -0.39 is 22.7 Å². The molecule has 1 unspecified atom stereocenters. The lowest BCUT2D eigenvalue weighted by molar-refractivity contribution is -0.386. The molecule has 0 radical (unpaired) electrons. The molecule has 0 aromatic carbocycles. The molecule has 126 valence electrons. The molecular formula is C13H18ClN5O4. The van der Waals surface area contributed by atoms with Crippen LogP contribution in [0.5, 0.6) is 0 Å². The van der Waals surface area contributed by atoms with Gasteiger partial charge in [0.05, 0.1) is 11.0 Å². The van der Waals surface area contributed by atoms with E-state index in [1.165, 1.54) is 4.90 Å². The molecule has 2 rings (SSSR count). The molecule has 1 fully saturated rings. The normalized spacial score (nSPS) is 18.6.